The zero-order valence-corrected chi connectivity index (χ0v) is 13.0. The minimum atomic E-state index is 0.552. The number of rotatable bonds is 2. The van der Waals surface area contributed by atoms with Gasteiger partial charge in [-0.1, -0.05) is 46.9 Å². The van der Waals surface area contributed by atoms with Crippen LogP contribution in [0.1, 0.15) is 0 Å². The summed E-state index contributed by atoms with van der Waals surface area (Å²) >= 11 is 18.2. The highest BCUT2D eigenvalue weighted by atomic mass is 35.5. The Hall–Kier alpha value is -1.61. The maximum atomic E-state index is 6.28. The predicted molar refractivity (Wildman–Crippen MR) is 87.9 cm³/mol. The Bertz CT molecular complexity index is 786. The average Bonchev–Trinajstić information content (AvgIpc) is 2.48. The van der Waals surface area contributed by atoms with E-state index in [2.05, 4.69) is 9.97 Å². The smallest absolute Gasteiger partial charge is 0.116 e. The maximum absolute atomic E-state index is 6.28. The third kappa shape index (κ3) is 3.03. The van der Waals surface area contributed by atoms with E-state index >= 15 is 0 Å². The van der Waals surface area contributed by atoms with E-state index < -0.39 is 0 Å². The van der Waals surface area contributed by atoms with Gasteiger partial charge in [-0.2, -0.15) is 0 Å². The van der Waals surface area contributed by atoms with Crippen LogP contribution in [0.15, 0.2) is 55.0 Å². The lowest BCUT2D eigenvalue weighted by molar-refractivity contribution is 1.17. The first-order valence-corrected chi connectivity index (χ1v) is 7.30. The predicted octanol–water partition coefficient (Wildman–Crippen LogP) is 5.77. The molecule has 0 atom stereocenters. The van der Waals surface area contributed by atoms with Gasteiger partial charge in [0.25, 0.3) is 0 Å². The van der Waals surface area contributed by atoms with Crippen LogP contribution in [0.2, 0.25) is 15.1 Å². The molecule has 0 fully saturated rings. The molecule has 21 heavy (non-hydrogen) atoms. The number of nitrogens with zero attached hydrogens (tertiary/aromatic N) is 2. The van der Waals surface area contributed by atoms with Crippen LogP contribution >= 0.6 is 34.8 Å². The third-order valence-corrected chi connectivity index (χ3v) is 3.85. The summed E-state index contributed by atoms with van der Waals surface area (Å²) in [5, 5.41) is 1.82. The highest BCUT2D eigenvalue weighted by Gasteiger charge is 2.12. The van der Waals surface area contributed by atoms with Crippen molar-refractivity contribution in [3.63, 3.8) is 0 Å². The molecule has 3 rings (SSSR count). The van der Waals surface area contributed by atoms with E-state index in [4.69, 9.17) is 34.8 Å². The molecule has 3 aromatic rings. The number of halogens is 3. The summed E-state index contributed by atoms with van der Waals surface area (Å²) in [6.07, 6.45) is 3.26. The zero-order chi connectivity index (χ0) is 14.8. The number of benzene rings is 2. The largest absolute Gasteiger partial charge is 0.244 e. The molecule has 0 aliphatic rings. The van der Waals surface area contributed by atoms with Crippen LogP contribution in [0, 0.1) is 0 Å². The summed E-state index contributed by atoms with van der Waals surface area (Å²) in [5.41, 5.74) is 3.43. The SMILES string of the molecule is Clc1ccc(-c2cncnc2-c2ccc(Cl)cc2Cl)cc1. The Morgan fingerprint density at radius 3 is 2.19 bits per heavy atom. The fourth-order valence-electron chi connectivity index (χ4n) is 2.07. The highest BCUT2D eigenvalue weighted by Crippen LogP contribution is 2.35. The molecule has 5 heteroatoms. The molecule has 0 N–H and O–H groups in total. The Morgan fingerprint density at radius 2 is 1.48 bits per heavy atom. The van der Waals surface area contributed by atoms with Crippen molar-refractivity contribution < 1.29 is 0 Å². The zero-order valence-electron chi connectivity index (χ0n) is 10.7. The van der Waals surface area contributed by atoms with Crippen molar-refractivity contribution in [2.45, 2.75) is 0 Å². The standard InChI is InChI=1S/C16H9Cl3N2/c17-11-3-1-10(2-4-11)14-8-20-9-21-16(14)13-6-5-12(18)7-15(13)19/h1-9H. The monoisotopic (exact) mass is 334 g/mol. The molecule has 2 aromatic carbocycles. The Morgan fingerprint density at radius 1 is 0.762 bits per heavy atom. The van der Waals surface area contributed by atoms with Crippen molar-refractivity contribution in [3.8, 4) is 22.4 Å². The molecule has 0 saturated heterocycles. The molecule has 0 bridgehead atoms. The first kappa shape index (κ1) is 14.3. The molecule has 0 aliphatic heterocycles. The molecule has 0 amide bonds. The molecular weight excluding hydrogens is 327 g/mol. The van der Waals surface area contributed by atoms with Gasteiger partial charge in [0.2, 0.25) is 0 Å². The van der Waals surface area contributed by atoms with Gasteiger partial charge in [-0.15, -0.1) is 0 Å². The van der Waals surface area contributed by atoms with Crippen molar-refractivity contribution in [3.05, 3.63) is 70.1 Å². The van der Waals surface area contributed by atoms with Crippen LogP contribution in [0.5, 0.6) is 0 Å². The van der Waals surface area contributed by atoms with Crippen LogP contribution in [0.25, 0.3) is 22.4 Å². The summed E-state index contributed by atoms with van der Waals surface area (Å²) < 4.78 is 0. The second kappa shape index (κ2) is 6.02. The van der Waals surface area contributed by atoms with Gasteiger partial charge in [-0.3, -0.25) is 0 Å². The van der Waals surface area contributed by atoms with E-state index in [1.165, 1.54) is 6.33 Å². The second-order valence-electron chi connectivity index (χ2n) is 4.42. The van der Waals surface area contributed by atoms with Gasteiger partial charge in [0.05, 0.1) is 10.7 Å². The summed E-state index contributed by atoms with van der Waals surface area (Å²) in [5.74, 6) is 0. The fraction of sp³-hybridized carbons (Fsp3) is 0. The number of aromatic nitrogens is 2. The van der Waals surface area contributed by atoms with Gasteiger partial charge in [-0.25, -0.2) is 9.97 Å². The van der Waals surface area contributed by atoms with Gasteiger partial charge in [-0.05, 0) is 35.9 Å². The third-order valence-electron chi connectivity index (χ3n) is 3.05. The van der Waals surface area contributed by atoms with Crippen LogP contribution in [0.4, 0.5) is 0 Å². The lowest BCUT2D eigenvalue weighted by Gasteiger charge is -2.10. The lowest BCUT2D eigenvalue weighted by atomic mass is 10.0. The molecule has 1 heterocycles. The van der Waals surface area contributed by atoms with E-state index in [9.17, 15) is 0 Å². The van der Waals surface area contributed by atoms with Gasteiger partial charge >= 0.3 is 0 Å². The second-order valence-corrected chi connectivity index (χ2v) is 5.70. The fourth-order valence-corrected chi connectivity index (χ4v) is 2.69. The Kier molecular flexibility index (Phi) is 4.11. The van der Waals surface area contributed by atoms with Crippen LogP contribution in [-0.2, 0) is 0 Å². The first-order chi connectivity index (χ1) is 10.1. The summed E-state index contributed by atoms with van der Waals surface area (Å²) in [4.78, 5) is 8.47. The molecule has 0 radical (unpaired) electrons. The molecule has 2 nitrogen and oxygen atoms in total. The Labute approximate surface area is 137 Å². The molecule has 1 aromatic heterocycles. The van der Waals surface area contributed by atoms with E-state index in [0.717, 1.165) is 22.4 Å². The lowest BCUT2D eigenvalue weighted by Crippen LogP contribution is -1.91. The molecular formula is C16H9Cl3N2. The number of hydrogen-bond acceptors (Lipinski definition) is 2. The van der Waals surface area contributed by atoms with E-state index in [1.807, 2.05) is 30.3 Å². The topological polar surface area (TPSA) is 25.8 Å². The van der Waals surface area contributed by atoms with Crippen molar-refractivity contribution in [2.24, 2.45) is 0 Å². The van der Waals surface area contributed by atoms with E-state index in [1.54, 1.807) is 18.3 Å². The highest BCUT2D eigenvalue weighted by molar-refractivity contribution is 6.36. The van der Waals surface area contributed by atoms with Crippen LogP contribution in [0.3, 0.4) is 0 Å². The summed E-state index contributed by atoms with van der Waals surface area (Å²) in [6, 6.07) is 12.9. The summed E-state index contributed by atoms with van der Waals surface area (Å²) in [6.45, 7) is 0. The van der Waals surface area contributed by atoms with Crippen LogP contribution < -0.4 is 0 Å². The first-order valence-electron chi connectivity index (χ1n) is 6.16. The van der Waals surface area contributed by atoms with Crippen LogP contribution in [-0.4, -0.2) is 9.97 Å². The van der Waals surface area contributed by atoms with Gasteiger partial charge in [0.1, 0.15) is 6.33 Å². The molecule has 0 unspecified atom stereocenters. The maximum Gasteiger partial charge on any atom is 0.116 e. The Balaban J connectivity index is 2.18. The molecule has 0 spiro atoms. The van der Waals surface area contributed by atoms with Gasteiger partial charge in [0.15, 0.2) is 0 Å². The van der Waals surface area contributed by atoms with E-state index in [0.29, 0.717) is 15.1 Å². The molecule has 0 aliphatic carbocycles. The van der Waals surface area contributed by atoms with Crippen molar-refractivity contribution in [1.82, 2.24) is 9.97 Å². The quantitative estimate of drug-likeness (QED) is 0.594. The van der Waals surface area contributed by atoms with Crippen molar-refractivity contribution in [2.75, 3.05) is 0 Å². The normalized spacial score (nSPS) is 10.6. The van der Waals surface area contributed by atoms with Crippen molar-refractivity contribution in [1.29, 1.82) is 0 Å². The van der Waals surface area contributed by atoms with Gasteiger partial charge in [0, 0.05) is 27.4 Å². The molecule has 104 valence electrons. The minimum Gasteiger partial charge on any atom is -0.244 e. The average molecular weight is 336 g/mol. The number of hydrogen-bond donors (Lipinski definition) is 0. The van der Waals surface area contributed by atoms with Crippen molar-refractivity contribution >= 4 is 34.8 Å². The molecule has 0 saturated carbocycles. The van der Waals surface area contributed by atoms with Gasteiger partial charge < -0.3 is 0 Å². The minimum absolute atomic E-state index is 0.552. The van der Waals surface area contributed by atoms with E-state index in [-0.39, 0.29) is 0 Å². The summed E-state index contributed by atoms with van der Waals surface area (Å²) in [7, 11) is 0.